The van der Waals surface area contributed by atoms with Gasteiger partial charge in [-0.15, -0.1) is 0 Å². The summed E-state index contributed by atoms with van der Waals surface area (Å²) in [5.41, 5.74) is 0.132. The van der Waals surface area contributed by atoms with Crippen LogP contribution in [0.2, 0.25) is 0 Å². The molecule has 12 heteroatoms. The van der Waals surface area contributed by atoms with Gasteiger partial charge in [0.2, 0.25) is 0 Å². The van der Waals surface area contributed by atoms with Crippen LogP contribution in [0.25, 0.3) is 11.2 Å². The van der Waals surface area contributed by atoms with Crippen molar-refractivity contribution in [2.24, 2.45) is 0 Å². The van der Waals surface area contributed by atoms with Crippen LogP contribution < -0.4 is 5.56 Å². The van der Waals surface area contributed by atoms with Crippen molar-refractivity contribution in [3.63, 3.8) is 0 Å². The van der Waals surface area contributed by atoms with Gasteiger partial charge in [-0.3, -0.25) is 9.36 Å². The number of aromatic nitrogens is 4. The highest BCUT2D eigenvalue weighted by molar-refractivity contribution is 7.52. The zero-order valence-corrected chi connectivity index (χ0v) is 25.2. The van der Waals surface area contributed by atoms with E-state index in [9.17, 15) is 19.4 Å². The maximum Gasteiger partial charge on any atom is 0.353 e. The van der Waals surface area contributed by atoms with Crippen LogP contribution in [-0.2, 0) is 25.1 Å². The van der Waals surface area contributed by atoms with Gasteiger partial charge in [-0.25, -0.2) is 9.97 Å². The average molecular weight is 587 g/mol. The molecule has 2 atom stereocenters. The van der Waals surface area contributed by atoms with Crippen molar-refractivity contribution in [3.05, 3.63) is 23.0 Å². The lowest BCUT2D eigenvalue weighted by Gasteiger charge is -2.18. The molecule has 0 saturated carbocycles. The minimum absolute atomic E-state index is 0.0819. The summed E-state index contributed by atoms with van der Waals surface area (Å²) < 4.78 is 30.0. The van der Waals surface area contributed by atoms with Crippen LogP contribution in [0.3, 0.4) is 0 Å². The number of aliphatic hydroxyl groups excluding tert-OH is 1. The van der Waals surface area contributed by atoms with Gasteiger partial charge in [0.15, 0.2) is 11.2 Å². The second-order valence-corrected chi connectivity index (χ2v) is 12.2. The predicted octanol–water partition coefficient (Wildman–Crippen LogP) is 5.54. The summed E-state index contributed by atoms with van der Waals surface area (Å²) in [4.78, 5) is 32.3. The Morgan fingerprint density at radius 1 is 0.900 bits per heavy atom. The highest BCUT2D eigenvalue weighted by atomic mass is 31.2. The van der Waals surface area contributed by atoms with Crippen molar-refractivity contribution >= 4 is 18.8 Å². The zero-order valence-electron chi connectivity index (χ0n) is 24.3. The number of rotatable bonds is 26. The van der Waals surface area contributed by atoms with E-state index in [-0.39, 0.29) is 24.2 Å². The first-order valence-electron chi connectivity index (χ1n) is 15.1. The molecule has 0 aromatic carbocycles. The molecular formula is C28H51N4O7P. The van der Waals surface area contributed by atoms with Crippen molar-refractivity contribution in [2.45, 2.75) is 116 Å². The second kappa shape index (κ2) is 21.1. The Hall–Kier alpha value is -1.62. The molecule has 1 unspecified atom stereocenters. The Labute approximate surface area is 238 Å². The Morgan fingerprint density at radius 3 is 2.12 bits per heavy atom. The molecule has 11 nitrogen and oxygen atoms in total. The van der Waals surface area contributed by atoms with E-state index >= 15 is 0 Å². The third-order valence-corrected chi connectivity index (χ3v) is 7.91. The van der Waals surface area contributed by atoms with Gasteiger partial charge in [-0.1, -0.05) is 90.4 Å². The first-order valence-corrected chi connectivity index (χ1v) is 16.9. The zero-order chi connectivity index (χ0) is 28.9. The standard InChI is InChI=1S/C28H51N4O7P/c1-2-3-4-5-6-7-8-9-10-11-12-13-14-15-17-37-18-16-19-39-40(35,36)24-38-25(21-33)20-32-23-31-26-27(32)29-22-30-28(26)34/h22-23,25,33H,2-21,24H2,1H3,(H,35,36)(H,29,30,34)/t25-/m0/s1. The minimum Gasteiger partial charge on any atom is -0.394 e. The number of hydrogen-bond acceptors (Lipinski definition) is 8. The Morgan fingerprint density at radius 2 is 1.50 bits per heavy atom. The summed E-state index contributed by atoms with van der Waals surface area (Å²) in [6, 6.07) is 0. The quantitative estimate of drug-likeness (QED) is 0.0953. The molecule has 0 radical (unpaired) electrons. The average Bonchev–Trinajstić information content (AvgIpc) is 3.36. The Kier molecular flexibility index (Phi) is 18.3. The molecule has 2 rings (SSSR count). The lowest BCUT2D eigenvalue weighted by molar-refractivity contribution is 0.0175. The van der Waals surface area contributed by atoms with Crippen molar-refractivity contribution in [1.29, 1.82) is 0 Å². The fourth-order valence-corrected chi connectivity index (χ4v) is 5.40. The summed E-state index contributed by atoms with van der Waals surface area (Å²) in [6.07, 6.45) is 20.3. The van der Waals surface area contributed by atoms with E-state index in [1.54, 1.807) is 4.57 Å². The second-order valence-electron chi connectivity index (χ2n) is 10.4. The maximum atomic E-state index is 12.3. The summed E-state index contributed by atoms with van der Waals surface area (Å²) in [5, 5.41) is 9.62. The van der Waals surface area contributed by atoms with Crippen molar-refractivity contribution in [3.8, 4) is 0 Å². The summed E-state index contributed by atoms with van der Waals surface area (Å²) >= 11 is 0. The largest absolute Gasteiger partial charge is 0.394 e. The third-order valence-electron chi connectivity index (χ3n) is 6.85. The third kappa shape index (κ3) is 14.8. The number of H-pyrrole nitrogens is 1. The van der Waals surface area contributed by atoms with Gasteiger partial charge >= 0.3 is 7.60 Å². The number of hydrogen-bond donors (Lipinski definition) is 3. The lowest BCUT2D eigenvalue weighted by Crippen LogP contribution is -2.25. The Bertz CT molecular complexity index is 1020. The number of nitrogens with one attached hydrogen (secondary N) is 1. The molecule has 0 spiro atoms. The van der Waals surface area contributed by atoms with Crippen LogP contribution in [-0.4, -0.2) is 68.4 Å². The number of aliphatic hydroxyl groups is 1. The lowest BCUT2D eigenvalue weighted by atomic mass is 10.0. The summed E-state index contributed by atoms with van der Waals surface area (Å²) in [5.74, 6) is 0. The molecule has 0 saturated heterocycles. The van der Waals surface area contributed by atoms with E-state index in [1.165, 1.54) is 96.1 Å². The molecule has 0 bridgehead atoms. The molecule has 230 valence electrons. The van der Waals surface area contributed by atoms with E-state index in [4.69, 9.17) is 14.0 Å². The number of imidazole rings is 1. The van der Waals surface area contributed by atoms with E-state index in [0.717, 1.165) is 6.42 Å². The van der Waals surface area contributed by atoms with E-state index in [1.807, 2.05) is 0 Å². The van der Waals surface area contributed by atoms with Crippen molar-refractivity contribution < 1.29 is 28.6 Å². The van der Waals surface area contributed by atoms with E-state index in [2.05, 4.69) is 21.9 Å². The van der Waals surface area contributed by atoms with Crippen LogP contribution in [0.15, 0.2) is 17.4 Å². The van der Waals surface area contributed by atoms with Crippen LogP contribution >= 0.6 is 7.60 Å². The summed E-state index contributed by atoms with van der Waals surface area (Å²) in [7, 11) is -3.98. The number of unbranched alkanes of at least 4 members (excludes halogenated alkanes) is 13. The van der Waals surface area contributed by atoms with Crippen molar-refractivity contribution in [1.82, 2.24) is 19.5 Å². The molecule has 0 fully saturated rings. The molecular weight excluding hydrogens is 535 g/mol. The van der Waals surface area contributed by atoms with Gasteiger partial charge in [-0.2, -0.15) is 0 Å². The summed E-state index contributed by atoms with van der Waals surface area (Å²) in [6.45, 7) is 3.22. The fraction of sp³-hybridized carbons (Fsp3) is 0.821. The highest BCUT2D eigenvalue weighted by Crippen LogP contribution is 2.42. The van der Waals surface area contributed by atoms with Gasteiger partial charge in [0, 0.05) is 13.2 Å². The maximum absolute atomic E-state index is 12.3. The monoisotopic (exact) mass is 586 g/mol. The van der Waals surface area contributed by atoms with Gasteiger partial charge in [0.05, 0.1) is 38.5 Å². The molecule has 0 aliphatic rings. The first kappa shape index (κ1) is 34.6. The van der Waals surface area contributed by atoms with E-state index in [0.29, 0.717) is 25.3 Å². The first-order chi connectivity index (χ1) is 19.5. The molecule has 2 aromatic rings. The number of ether oxygens (including phenoxy) is 2. The SMILES string of the molecule is CCCCCCCCCCCCCCCCOCCCOP(=O)(O)CO[C@H](CO)Cn1cnc2c(=O)[nH]cnc21. The predicted molar refractivity (Wildman–Crippen MR) is 156 cm³/mol. The normalized spacial score (nSPS) is 14.1. The topological polar surface area (TPSA) is 149 Å². The van der Waals surface area contributed by atoms with Gasteiger partial charge in [0.25, 0.3) is 5.56 Å². The van der Waals surface area contributed by atoms with Gasteiger partial charge in [-0.05, 0) is 12.8 Å². The number of fused-ring (bicyclic) bond motifs is 1. The molecule has 0 amide bonds. The molecule has 2 aromatic heterocycles. The smallest absolute Gasteiger partial charge is 0.353 e. The molecule has 3 N–H and O–H groups in total. The van der Waals surface area contributed by atoms with Crippen LogP contribution in [0.4, 0.5) is 0 Å². The van der Waals surface area contributed by atoms with Crippen LogP contribution in [0.1, 0.15) is 103 Å². The van der Waals surface area contributed by atoms with Crippen LogP contribution in [0.5, 0.6) is 0 Å². The highest BCUT2D eigenvalue weighted by Gasteiger charge is 2.23. The minimum atomic E-state index is -3.98. The molecule has 0 aliphatic carbocycles. The van der Waals surface area contributed by atoms with E-state index < -0.39 is 26.7 Å². The molecule has 0 aliphatic heterocycles. The van der Waals surface area contributed by atoms with Gasteiger partial charge < -0.3 is 33.5 Å². The fourth-order valence-electron chi connectivity index (χ4n) is 4.51. The van der Waals surface area contributed by atoms with Gasteiger partial charge in [0.1, 0.15) is 6.35 Å². The molecule has 2 heterocycles. The number of aromatic amines is 1. The van der Waals surface area contributed by atoms with Crippen LogP contribution in [0, 0.1) is 0 Å². The number of nitrogens with zero attached hydrogens (tertiary/aromatic N) is 3. The van der Waals surface area contributed by atoms with Crippen molar-refractivity contribution in [2.75, 3.05) is 32.8 Å². The Balaban J connectivity index is 1.42. The molecule has 40 heavy (non-hydrogen) atoms.